The van der Waals surface area contributed by atoms with Gasteiger partial charge in [-0.3, -0.25) is 0 Å². The number of allylic oxidation sites excluding steroid dienone is 2. The lowest BCUT2D eigenvalue weighted by Crippen LogP contribution is -1.64. The Kier molecular flexibility index (Phi) is 3.11. The van der Waals surface area contributed by atoms with E-state index in [0.29, 0.717) is 0 Å². The van der Waals surface area contributed by atoms with E-state index >= 15 is 0 Å². The highest BCUT2D eigenvalue weighted by Gasteiger charge is 1.70. The summed E-state index contributed by atoms with van der Waals surface area (Å²) in [6.45, 7) is 5.26. The highest BCUT2D eigenvalue weighted by Crippen LogP contribution is 1.85. The van der Waals surface area contributed by atoms with Gasteiger partial charge in [-0.1, -0.05) is 19.6 Å². The van der Waals surface area contributed by atoms with Crippen molar-refractivity contribution in [1.82, 2.24) is 0 Å². The number of hydrogen-bond donors (Lipinski definition) is 1. The Morgan fingerprint density at radius 1 is 1.86 bits per heavy atom. The van der Waals surface area contributed by atoms with E-state index in [4.69, 9.17) is 5.11 Å². The molecule has 0 saturated heterocycles. The highest BCUT2D eigenvalue weighted by molar-refractivity contribution is 5.04. The molecular weight excluding hydrogens is 88.1 g/mol. The maximum absolute atomic E-state index is 8.40. The van der Waals surface area contributed by atoms with Gasteiger partial charge >= 0.3 is 0 Å². The molecule has 0 bridgehead atoms. The van der Waals surface area contributed by atoms with Gasteiger partial charge in [-0.25, -0.2) is 0 Å². The minimum absolute atomic E-state index is 0.127. The maximum atomic E-state index is 8.40. The summed E-state index contributed by atoms with van der Waals surface area (Å²) in [5, 5.41) is 8.40. The first kappa shape index (κ1) is 6.28. The molecule has 7 heavy (non-hydrogen) atoms. The fourth-order valence-corrected chi connectivity index (χ4v) is 0.254. The standard InChI is InChI=1S/C6H10O/c1-3-4-5-6(2)7/h4-5,7H,2-3H2,1H3/b5-4+. The molecule has 0 aromatic rings. The van der Waals surface area contributed by atoms with Gasteiger partial charge in [0, 0.05) is 0 Å². The third kappa shape index (κ3) is 5.28. The molecule has 0 radical (unpaired) electrons. The van der Waals surface area contributed by atoms with Gasteiger partial charge in [0.25, 0.3) is 0 Å². The van der Waals surface area contributed by atoms with E-state index in [1.807, 2.05) is 13.0 Å². The molecule has 0 amide bonds. The van der Waals surface area contributed by atoms with Crippen molar-refractivity contribution in [2.24, 2.45) is 0 Å². The van der Waals surface area contributed by atoms with Crippen molar-refractivity contribution < 1.29 is 5.11 Å². The molecule has 0 aliphatic carbocycles. The van der Waals surface area contributed by atoms with Crippen molar-refractivity contribution >= 4 is 0 Å². The van der Waals surface area contributed by atoms with E-state index in [-0.39, 0.29) is 5.76 Å². The van der Waals surface area contributed by atoms with E-state index in [1.54, 1.807) is 6.08 Å². The van der Waals surface area contributed by atoms with Crippen LogP contribution in [0.5, 0.6) is 0 Å². The lowest BCUT2D eigenvalue weighted by atomic mass is 10.4. The topological polar surface area (TPSA) is 20.2 Å². The fourth-order valence-electron chi connectivity index (χ4n) is 0.254. The lowest BCUT2D eigenvalue weighted by molar-refractivity contribution is 0.435. The van der Waals surface area contributed by atoms with E-state index in [1.165, 1.54) is 0 Å². The van der Waals surface area contributed by atoms with Gasteiger partial charge in [-0.05, 0) is 12.5 Å². The average Bonchev–Trinajstić information content (AvgIpc) is 1.61. The predicted octanol–water partition coefficient (Wildman–Crippen LogP) is 2.02. The van der Waals surface area contributed by atoms with Crippen molar-refractivity contribution in [3.8, 4) is 0 Å². The zero-order chi connectivity index (χ0) is 5.70. The average molecular weight is 98.1 g/mol. The first-order valence-electron chi connectivity index (χ1n) is 2.31. The second kappa shape index (κ2) is 3.47. The molecule has 0 unspecified atom stereocenters. The summed E-state index contributed by atoms with van der Waals surface area (Å²) in [7, 11) is 0. The summed E-state index contributed by atoms with van der Waals surface area (Å²) >= 11 is 0. The molecule has 1 N–H and O–H groups in total. The maximum Gasteiger partial charge on any atom is 0.108 e. The van der Waals surface area contributed by atoms with Crippen LogP contribution in [0.1, 0.15) is 13.3 Å². The molecular formula is C6H10O. The van der Waals surface area contributed by atoms with E-state index in [2.05, 4.69) is 6.58 Å². The van der Waals surface area contributed by atoms with Crippen LogP contribution in [0.25, 0.3) is 0 Å². The van der Waals surface area contributed by atoms with Gasteiger partial charge < -0.3 is 5.11 Å². The highest BCUT2D eigenvalue weighted by atomic mass is 16.3. The molecule has 0 fully saturated rings. The van der Waals surface area contributed by atoms with Crippen LogP contribution in [-0.2, 0) is 0 Å². The van der Waals surface area contributed by atoms with Crippen molar-refractivity contribution in [2.45, 2.75) is 13.3 Å². The molecule has 1 heteroatoms. The molecule has 0 heterocycles. The molecule has 0 rings (SSSR count). The van der Waals surface area contributed by atoms with E-state index in [0.717, 1.165) is 6.42 Å². The minimum Gasteiger partial charge on any atom is -0.509 e. The Hall–Kier alpha value is -0.720. The van der Waals surface area contributed by atoms with Crippen LogP contribution in [0.2, 0.25) is 0 Å². The molecule has 0 aliphatic rings. The Morgan fingerprint density at radius 3 is 2.57 bits per heavy atom. The van der Waals surface area contributed by atoms with Crippen molar-refractivity contribution in [1.29, 1.82) is 0 Å². The van der Waals surface area contributed by atoms with Crippen molar-refractivity contribution in [3.63, 3.8) is 0 Å². The predicted molar refractivity (Wildman–Crippen MR) is 31.2 cm³/mol. The number of aliphatic hydroxyl groups excluding tert-OH is 1. The molecule has 0 spiro atoms. The Balaban J connectivity index is 3.26. The molecule has 0 atom stereocenters. The molecule has 0 aliphatic heterocycles. The van der Waals surface area contributed by atoms with Crippen LogP contribution < -0.4 is 0 Å². The van der Waals surface area contributed by atoms with Gasteiger partial charge in [0.2, 0.25) is 0 Å². The fraction of sp³-hybridized carbons (Fsp3) is 0.333. The van der Waals surface area contributed by atoms with Crippen LogP contribution >= 0.6 is 0 Å². The van der Waals surface area contributed by atoms with Crippen LogP contribution in [0.15, 0.2) is 24.5 Å². The van der Waals surface area contributed by atoms with Crippen LogP contribution in [0.4, 0.5) is 0 Å². The number of aliphatic hydroxyl groups is 1. The monoisotopic (exact) mass is 98.1 g/mol. The summed E-state index contributed by atoms with van der Waals surface area (Å²) in [5.74, 6) is 0.127. The van der Waals surface area contributed by atoms with Gasteiger partial charge in [-0.2, -0.15) is 0 Å². The molecule has 0 aromatic carbocycles. The Labute approximate surface area is 44.0 Å². The van der Waals surface area contributed by atoms with Gasteiger partial charge in [0.1, 0.15) is 5.76 Å². The molecule has 0 saturated carbocycles. The SMILES string of the molecule is C=C(O)/C=C/CC. The third-order valence-electron chi connectivity index (χ3n) is 0.546. The van der Waals surface area contributed by atoms with Crippen LogP contribution in [0.3, 0.4) is 0 Å². The Morgan fingerprint density at radius 2 is 2.43 bits per heavy atom. The zero-order valence-electron chi connectivity index (χ0n) is 4.52. The van der Waals surface area contributed by atoms with E-state index in [9.17, 15) is 0 Å². The quantitative estimate of drug-likeness (QED) is 0.414. The van der Waals surface area contributed by atoms with Gasteiger partial charge in [0.15, 0.2) is 0 Å². The Bertz CT molecular complexity index is 82.2. The lowest BCUT2D eigenvalue weighted by Gasteiger charge is -1.79. The first-order chi connectivity index (χ1) is 3.27. The summed E-state index contributed by atoms with van der Waals surface area (Å²) in [4.78, 5) is 0. The minimum atomic E-state index is 0.127. The third-order valence-corrected chi connectivity index (χ3v) is 0.546. The van der Waals surface area contributed by atoms with Crippen molar-refractivity contribution in [2.75, 3.05) is 0 Å². The van der Waals surface area contributed by atoms with Gasteiger partial charge in [0.05, 0.1) is 0 Å². The van der Waals surface area contributed by atoms with Gasteiger partial charge in [-0.15, -0.1) is 0 Å². The molecule has 1 nitrogen and oxygen atoms in total. The van der Waals surface area contributed by atoms with Crippen LogP contribution in [0, 0.1) is 0 Å². The molecule has 0 aromatic heterocycles. The zero-order valence-corrected chi connectivity index (χ0v) is 4.52. The summed E-state index contributed by atoms with van der Waals surface area (Å²) in [6, 6.07) is 0. The first-order valence-corrected chi connectivity index (χ1v) is 2.31. The number of rotatable bonds is 2. The summed E-state index contributed by atoms with van der Waals surface area (Å²) in [5.41, 5.74) is 0. The summed E-state index contributed by atoms with van der Waals surface area (Å²) < 4.78 is 0. The van der Waals surface area contributed by atoms with Crippen molar-refractivity contribution in [3.05, 3.63) is 24.5 Å². The van der Waals surface area contributed by atoms with Crippen LogP contribution in [-0.4, -0.2) is 5.11 Å². The largest absolute Gasteiger partial charge is 0.509 e. The number of hydrogen-bond acceptors (Lipinski definition) is 1. The smallest absolute Gasteiger partial charge is 0.108 e. The van der Waals surface area contributed by atoms with E-state index < -0.39 is 0 Å². The second-order valence-corrected chi connectivity index (χ2v) is 1.30. The second-order valence-electron chi connectivity index (χ2n) is 1.30. The molecule has 40 valence electrons. The summed E-state index contributed by atoms with van der Waals surface area (Å²) in [6.07, 6.45) is 4.38. The normalized spacial score (nSPS) is 9.86.